The minimum absolute atomic E-state index is 0.779. The first-order valence-electron chi connectivity index (χ1n) is 8.29. The zero-order valence-electron chi connectivity index (χ0n) is 14.3. The normalized spacial score (nSPS) is 10.4. The van der Waals surface area contributed by atoms with Gasteiger partial charge in [0.05, 0.1) is 0 Å². The zero-order chi connectivity index (χ0) is 16.9. The number of rotatable bonds is 5. The molecule has 0 atom stereocenters. The van der Waals surface area contributed by atoms with Crippen LogP contribution in [0.2, 0.25) is 0 Å². The second-order valence-corrected chi connectivity index (χ2v) is 6.18. The van der Waals surface area contributed by atoms with Crippen LogP contribution >= 0.6 is 0 Å². The Morgan fingerprint density at radius 1 is 0.833 bits per heavy atom. The van der Waals surface area contributed by atoms with Crippen LogP contribution in [0, 0.1) is 13.8 Å². The number of hydrogen-bond acceptors (Lipinski definition) is 1. The van der Waals surface area contributed by atoms with E-state index in [1.807, 2.05) is 6.07 Å². The molecular formula is C23H23N. The van der Waals surface area contributed by atoms with Crippen LogP contribution < -0.4 is 5.32 Å². The van der Waals surface area contributed by atoms with Gasteiger partial charge >= 0.3 is 0 Å². The monoisotopic (exact) mass is 313 g/mol. The van der Waals surface area contributed by atoms with E-state index in [1.165, 1.54) is 33.4 Å². The van der Waals surface area contributed by atoms with E-state index in [0.717, 1.165) is 12.2 Å². The van der Waals surface area contributed by atoms with Gasteiger partial charge in [-0.3, -0.25) is 0 Å². The molecule has 0 unspecified atom stereocenters. The maximum atomic E-state index is 4.29. The molecule has 0 spiro atoms. The number of benzene rings is 3. The summed E-state index contributed by atoms with van der Waals surface area (Å²) in [4.78, 5) is 0. The van der Waals surface area contributed by atoms with E-state index in [-0.39, 0.29) is 0 Å². The second-order valence-electron chi connectivity index (χ2n) is 6.18. The van der Waals surface area contributed by atoms with Gasteiger partial charge in [-0.15, -0.1) is 0 Å². The molecule has 0 saturated carbocycles. The topological polar surface area (TPSA) is 12.0 Å². The van der Waals surface area contributed by atoms with Gasteiger partial charge in [-0.2, -0.15) is 0 Å². The van der Waals surface area contributed by atoms with Gasteiger partial charge in [0.1, 0.15) is 0 Å². The highest BCUT2D eigenvalue weighted by Gasteiger charge is 2.10. The molecule has 1 heteroatoms. The third-order valence-corrected chi connectivity index (χ3v) is 4.29. The van der Waals surface area contributed by atoms with Gasteiger partial charge in [0, 0.05) is 17.8 Å². The second kappa shape index (κ2) is 7.18. The molecule has 0 aromatic heterocycles. The average Bonchev–Trinajstić information content (AvgIpc) is 2.61. The Morgan fingerprint density at radius 2 is 1.54 bits per heavy atom. The Balaban J connectivity index is 1.85. The average molecular weight is 313 g/mol. The number of hydrogen-bond donors (Lipinski definition) is 1. The van der Waals surface area contributed by atoms with Crippen LogP contribution in [0.4, 0.5) is 0 Å². The summed E-state index contributed by atoms with van der Waals surface area (Å²) in [7, 11) is 0. The van der Waals surface area contributed by atoms with Crippen molar-refractivity contribution in [2.45, 2.75) is 20.4 Å². The molecule has 0 heterocycles. The molecule has 1 nitrogen and oxygen atoms in total. The van der Waals surface area contributed by atoms with Crippen LogP contribution in [0.3, 0.4) is 0 Å². The van der Waals surface area contributed by atoms with Crippen molar-refractivity contribution in [1.82, 2.24) is 5.32 Å². The van der Waals surface area contributed by atoms with Gasteiger partial charge in [-0.1, -0.05) is 84.9 Å². The summed E-state index contributed by atoms with van der Waals surface area (Å²) >= 11 is 0. The van der Waals surface area contributed by atoms with Crippen molar-refractivity contribution in [1.29, 1.82) is 0 Å². The fourth-order valence-corrected chi connectivity index (χ4v) is 2.93. The van der Waals surface area contributed by atoms with E-state index in [1.54, 1.807) is 0 Å². The Labute approximate surface area is 144 Å². The Morgan fingerprint density at radius 3 is 2.25 bits per heavy atom. The summed E-state index contributed by atoms with van der Waals surface area (Å²) in [6.07, 6.45) is 0. The molecule has 0 saturated heterocycles. The Kier molecular flexibility index (Phi) is 4.81. The Bertz CT molecular complexity index is 830. The van der Waals surface area contributed by atoms with Crippen LogP contribution in [0.1, 0.15) is 22.3 Å². The standard InChI is InChI=1S/C23H23N/c1-17-12-14-20(15-13-17)16-24-19(3)23-18(2)8-7-11-22(23)21-9-5-4-6-10-21/h4-15,24H,3,16H2,1-2H3. The molecule has 3 rings (SSSR count). The van der Waals surface area contributed by atoms with E-state index in [4.69, 9.17) is 0 Å². The summed E-state index contributed by atoms with van der Waals surface area (Å²) in [5.41, 5.74) is 8.37. The van der Waals surface area contributed by atoms with Gasteiger partial charge < -0.3 is 5.32 Å². The zero-order valence-corrected chi connectivity index (χ0v) is 14.3. The first kappa shape index (κ1) is 16.1. The summed E-state index contributed by atoms with van der Waals surface area (Å²) in [5.74, 6) is 0. The summed E-state index contributed by atoms with van der Waals surface area (Å²) in [6, 6.07) is 25.5. The first-order valence-corrected chi connectivity index (χ1v) is 8.29. The quantitative estimate of drug-likeness (QED) is 0.634. The van der Waals surface area contributed by atoms with Gasteiger partial charge in [0.2, 0.25) is 0 Å². The third-order valence-electron chi connectivity index (χ3n) is 4.29. The predicted molar refractivity (Wildman–Crippen MR) is 104 cm³/mol. The fourth-order valence-electron chi connectivity index (χ4n) is 2.93. The predicted octanol–water partition coefficient (Wildman–Crippen LogP) is 5.73. The van der Waals surface area contributed by atoms with Crippen LogP contribution in [0.25, 0.3) is 16.8 Å². The lowest BCUT2D eigenvalue weighted by Gasteiger charge is -2.17. The van der Waals surface area contributed by atoms with Crippen LogP contribution in [-0.2, 0) is 6.54 Å². The summed E-state index contributed by atoms with van der Waals surface area (Å²) in [5, 5.41) is 3.49. The van der Waals surface area contributed by atoms with Crippen molar-refractivity contribution in [2.24, 2.45) is 0 Å². The van der Waals surface area contributed by atoms with Crippen molar-refractivity contribution in [3.05, 3.63) is 102 Å². The van der Waals surface area contributed by atoms with Gasteiger partial charge in [0.15, 0.2) is 0 Å². The molecule has 0 radical (unpaired) electrons. The van der Waals surface area contributed by atoms with E-state index in [0.29, 0.717) is 0 Å². The number of aryl methyl sites for hydroxylation is 2. The minimum atomic E-state index is 0.779. The molecule has 24 heavy (non-hydrogen) atoms. The highest BCUT2D eigenvalue weighted by atomic mass is 14.9. The summed E-state index contributed by atoms with van der Waals surface area (Å²) < 4.78 is 0. The van der Waals surface area contributed by atoms with Gasteiger partial charge in [0.25, 0.3) is 0 Å². The molecule has 120 valence electrons. The largest absolute Gasteiger partial charge is 0.381 e. The molecule has 0 amide bonds. The minimum Gasteiger partial charge on any atom is -0.381 e. The maximum Gasteiger partial charge on any atom is 0.0400 e. The van der Waals surface area contributed by atoms with E-state index < -0.39 is 0 Å². The first-order chi connectivity index (χ1) is 11.6. The number of nitrogens with one attached hydrogen (secondary N) is 1. The fraction of sp³-hybridized carbons (Fsp3) is 0.130. The van der Waals surface area contributed by atoms with Crippen molar-refractivity contribution >= 4 is 5.70 Å². The lowest BCUT2D eigenvalue weighted by molar-refractivity contribution is 0.890. The SMILES string of the molecule is C=C(NCc1ccc(C)cc1)c1c(C)cccc1-c1ccccc1. The van der Waals surface area contributed by atoms with Gasteiger partial charge in [-0.05, 0) is 36.1 Å². The molecular weight excluding hydrogens is 290 g/mol. The van der Waals surface area contributed by atoms with Crippen LogP contribution in [-0.4, -0.2) is 0 Å². The highest BCUT2D eigenvalue weighted by Crippen LogP contribution is 2.30. The molecule has 0 aliphatic rings. The van der Waals surface area contributed by atoms with Crippen molar-refractivity contribution < 1.29 is 0 Å². The molecule has 3 aromatic rings. The maximum absolute atomic E-state index is 4.29. The molecule has 0 bridgehead atoms. The molecule has 0 aliphatic carbocycles. The lowest BCUT2D eigenvalue weighted by Crippen LogP contribution is -2.12. The lowest BCUT2D eigenvalue weighted by atomic mass is 9.94. The molecule has 0 aliphatic heterocycles. The van der Waals surface area contributed by atoms with Crippen LogP contribution in [0.5, 0.6) is 0 Å². The Hall–Kier alpha value is -2.80. The highest BCUT2D eigenvalue weighted by molar-refractivity contribution is 5.81. The van der Waals surface area contributed by atoms with Crippen molar-refractivity contribution in [2.75, 3.05) is 0 Å². The molecule has 1 N–H and O–H groups in total. The third kappa shape index (κ3) is 3.57. The van der Waals surface area contributed by atoms with E-state index in [9.17, 15) is 0 Å². The molecule has 0 fully saturated rings. The van der Waals surface area contributed by atoms with Crippen molar-refractivity contribution in [3.8, 4) is 11.1 Å². The summed E-state index contributed by atoms with van der Waals surface area (Å²) in [6.45, 7) is 9.32. The van der Waals surface area contributed by atoms with E-state index in [2.05, 4.69) is 92.5 Å². The van der Waals surface area contributed by atoms with Gasteiger partial charge in [-0.25, -0.2) is 0 Å². The smallest absolute Gasteiger partial charge is 0.0400 e. The van der Waals surface area contributed by atoms with Crippen LogP contribution in [0.15, 0.2) is 79.4 Å². The molecule has 3 aromatic carbocycles. The van der Waals surface area contributed by atoms with Crippen molar-refractivity contribution in [3.63, 3.8) is 0 Å². The van der Waals surface area contributed by atoms with E-state index >= 15 is 0 Å².